The van der Waals surface area contributed by atoms with Crippen LogP contribution in [-0.4, -0.2) is 11.9 Å². The fourth-order valence-corrected chi connectivity index (χ4v) is 3.07. The molecule has 0 heterocycles. The second-order valence-electron chi connectivity index (χ2n) is 5.11. The van der Waals surface area contributed by atoms with E-state index in [2.05, 4.69) is 21.2 Å². The molecule has 19 heavy (non-hydrogen) atoms. The van der Waals surface area contributed by atoms with E-state index < -0.39 is 0 Å². The molecule has 1 aliphatic rings. The molecular formula is C14H18BrFN2O. The van der Waals surface area contributed by atoms with E-state index in [0.29, 0.717) is 12.6 Å². The average molecular weight is 329 g/mol. The molecule has 0 aromatic heterocycles. The van der Waals surface area contributed by atoms with E-state index in [-0.39, 0.29) is 17.6 Å². The predicted molar refractivity (Wildman–Crippen MR) is 75.9 cm³/mol. The number of nitrogens with two attached hydrogens (primary N) is 1. The van der Waals surface area contributed by atoms with Gasteiger partial charge in [-0.25, -0.2) is 4.39 Å². The first-order valence-electron chi connectivity index (χ1n) is 6.52. The Bertz CT molecular complexity index is 439. The van der Waals surface area contributed by atoms with Crippen LogP contribution in [0.2, 0.25) is 0 Å². The molecule has 1 saturated carbocycles. The minimum absolute atomic E-state index is 0.0290. The number of rotatable bonds is 4. The maximum atomic E-state index is 13.2. The van der Waals surface area contributed by atoms with Crippen LogP contribution in [0.1, 0.15) is 31.2 Å². The Balaban J connectivity index is 1.82. The smallest absolute Gasteiger partial charge is 0.220 e. The molecule has 0 saturated heterocycles. The number of hydrogen-bond donors (Lipinski definition) is 2. The Morgan fingerprint density at radius 1 is 1.32 bits per heavy atom. The molecule has 3 N–H and O–H groups in total. The van der Waals surface area contributed by atoms with Crippen LogP contribution in [0.25, 0.3) is 0 Å². The van der Waals surface area contributed by atoms with Crippen molar-refractivity contribution in [3.8, 4) is 0 Å². The molecule has 0 unspecified atom stereocenters. The van der Waals surface area contributed by atoms with E-state index in [1.54, 1.807) is 0 Å². The van der Waals surface area contributed by atoms with E-state index in [1.165, 1.54) is 12.1 Å². The Morgan fingerprint density at radius 2 is 2.00 bits per heavy atom. The highest BCUT2D eigenvalue weighted by molar-refractivity contribution is 9.10. The highest BCUT2D eigenvalue weighted by Gasteiger charge is 2.24. The third kappa shape index (κ3) is 4.28. The molecule has 1 amide bonds. The topological polar surface area (TPSA) is 55.1 Å². The molecule has 0 spiro atoms. The normalized spacial score (nSPS) is 23.3. The van der Waals surface area contributed by atoms with Crippen LogP contribution in [0.3, 0.4) is 0 Å². The van der Waals surface area contributed by atoms with Crippen molar-refractivity contribution >= 4 is 21.8 Å². The van der Waals surface area contributed by atoms with Crippen molar-refractivity contribution in [1.29, 1.82) is 0 Å². The summed E-state index contributed by atoms with van der Waals surface area (Å²) >= 11 is 3.28. The molecule has 2 rings (SSSR count). The number of primary amides is 1. The fourth-order valence-electron chi connectivity index (χ4n) is 2.56. The third-order valence-corrected chi connectivity index (χ3v) is 4.10. The minimum Gasteiger partial charge on any atom is -0.369 e. The van der Waals surface area contributed by atoms with Gasteiger partial charge in [0.25, 0.3) is 0 Å². The zero-order valence-corrected chi connectivity index (χ0v) is 12.2. The van der Waals surface area contributed by atoms with Crippen LogP contribution >= 0.6 is 15.9 Å². The number of halogens is 2. The first-order chi connectivity index (χ1) is 9.04. The maximum absolute atomic E-state index is 13.2. The molecule has 3 nitrogen and oxygen atoms in total. The predicted octanol–water partition coefficient (Wildman–Crippen LogP) is 2.72. The van der Waals surface area contributed by atoms with Gasteiger partial charge in [-0.2, -0.15) is 0 Å². The van der Waals surface area contributed by atoms with E-state index in [0.717, 1.165) is 35.7 Å². The molecule has 0 radical (unpaired) electrons. The molecule has 5 heteroatoms. The summed E-state index contributed by atoms with van der Waals surface area (Å²) in [7, 11) is 0. The summed E-state index contributed by atoms with van der Waals surface area (Å²) in [6.45, 7) is 0.641. The van der Waals surface area contributed by atoms with Gasteiger partial charge >= 0.3 is 0 Å². The number of nitrogens with one attached hydrogen (secondary N) is 1. The van der Waals surface area contributed by atoms with Gasteiger partial charge in [-0.3, -0.25) is 4.79 Å². The SMILES string of the molecule is NC(=O)C1CCC(NCc2cc(F)cc(Br)c2)CC1. The number of carbonyl (C=O) groups excluding carboxylic acids is 1. The van der Waals surface area contributed by atoms with Gasteiger partial charge in [-0.15, -0.1) is 0 Å². The summed E-state index contributed by atoms with van der Waals surface area (Å²) in [5, 5.41) is 3.41. The minimum atomic E-state index is -0.233. The average Bonchev–Trinajstić information content (AvgIpc) is 2.36. The van der Waals surface area contributed by atoms with Gasteiger partial charge in [0.1, 0.15) is 5.82 Å². The van der Waals surface area contributed by atoms with Gasteiger partial charge in [0.05, 0.1) is 0 Å². The summed E-state index contributed by atoms with van der Waals surface area (Å²) in [4.78, 5) is 11.1. The number of carbonyl (C=O) groups is 1. The monoisotopic (exact) mass is 328 g/mol. The second-order valence-corrected chi connectivity index (χ2v) is 6.03. The van der Waals surface area contributed by atoms with Gasteiger partial charge < -0.3 is 11.1 Å². The lowest BCUT2D eigenvalue weighted by molar-refractivity contribution is -0.122. The van der Waals surface area contributed by atoms with Gasteiger partial charge in [-0.1, -0.05) is 15.9 Å². The summed E-state index contributed by atoms with van der Waals surface area (Å²) in [5.74, 6) is -0.391. The number of benzene rings is 1. The first-order valence-corrected chi connectivity index (χ1v) is 7.31. The lowest BCUT2D eigenvalue weighted by atomic mass is 9.85. The fraction of sp³-hybridized carbons (Fsp3) is 0.500. The molecular weight excluding hydrogens is 311 g/mol. The van der Waals surface area contributed by atoms with Crippen LogP contribution < -0.4 is 11.1 Å². The summed E-state index contributed by atoms with van der Waals surface area (Å²) in [5.41, 5.74) is 6.22. The van der Waals surface area contributed by atoms with E-state index in [9.17, 15) is 9.18 Å². The Labute approximate surface area is 120 Å². The maximum Gasteiger partial charge on any atom is 0.220 e. The number of hydrogen-bond acceptors (Lipinski definition) is 2. The van der Waals surface area contributed by atoms with Crippen LogP contribution in [-0.2, 0) is 11.3 Å². The summed E-state index contributed by atoms with van der Waals surface area (Å²) < 4.78 is 14.0. The molecule has 1 fully saturated rings. The molecule has 1 aliphatic carbocycles. The van der Waals surface area contributed by atoms with Crippen LogP contribution in [0.4, 0.5) is 4.39 Å². The van der Waals surface area contributed by atoms with Gasteiger partial charge in [0.2, 0.25) is 5.91 Å². The third-order valence-electron chi connectivity index (χ3n) is 3.65. The van der Waals surface area contributed by atoms with Gasteiger partial charge in [0, 0.05) is 23.0 Å². The zero-order valence-electron chi connectivity index (χ0n) is 10.7. The van der Waals surface area contributed by atoms with Crippen LogP contribution in [0.15, 0.2) is 22.7 Å². The molecule has 0 atom stereocenters. The van der Waals surface area contributed by atoms with Crippen molar-refractivity contribution in [3.05, 3.63) is 34.1 Å². The van der Waals surface area contributed by atoms with Crippen molar-refractivity contribution in [2.75, 3.05) is 0 Å². The molecule has 104 valence electrons. The molecule has 0 bridgehead atoms. The van der Waals surface area contributed by atoms with E-state index in [4.69, 9.17) is 5.73 Å². The van der Waals surface area contributed by atoms with Crippen LogP contribution in [0.5, 0.6) is 0 Å². The highest BCUT2D eigenvalue weighted by atomic mass is 79.9. The Morgan fingerprint density at radius 3 is 2.58 bits per heavy atom. The van der Waals surface area contributed by atoms with Crippen molar-refractivity contribution < 1.29 is 9.18 Å². The summed E-state index contributed by atoms with van der Waals surface area (Å²) in [6, 6.07) is 5.28. The van der Waals surface area contributed by atoms with Gasteiger partial charge in [0.15, 0.2) is 0 Å². The Kier molecular flexibility index (Phi) is 4.93. The molecule has 1 aromatic rings. The van der Waals surface area contributed by atoms with Crippen molar-refractivity contribution in [2.45, 2.75) is 38.3 Å². The standard InChI is InChI=1S/C14H18BrFN2O/c15-11-5-9(6-12(16)7-11)8-18-13-3-1-10(2-4-13)14(17)19/h5-7,10,13,18H,1-4,8H2,(H2,17,19). The van der Waals surface area contributed by atoms with E-state index in [1.807, 2.05) is 6.07 Å². The first kappa shape index (κ1) is 14.5. The molecule has 1 aromatic carbocycles. The second kappa shape index (κ2) is 6.48. The largest absolute Gasteiger partial charge is 0.369 e. The summed E-state index contributed by atoms with van der Waals surface area (Å²) in [6.07, 6.45) is 3.59. The zero-order chi connectivity index (χ0) is 13.8. The van der Waals surface area contributed by atoms with Gasteiger partial charge in [-0.05, 0) is 49.4 Å². The van der Waals surface area contributed by atoms with Crippen LogP contribution in [0, 0.1) is 11.7 Å². The quantitative estimate of drug-likeness (QED) is 0.892. The van der Waals surface area contributed by atoms with Crippen molar-refractivity contribution in [3.63, 3.8) is 0 Å². The van der Waals surface area contributed by atoms with Crippen molar-refractivity contribution in [2.24, 2.45) is 11.7 Å². The Hall–Kier alpha value is -0.940. The lowest BCUT2D eigenvalue weighted by Gasteiger charge is -2.27. The highest BCUT2D eigenvalue weighted by Crippen LogP contribution is 2.24. The van der Waals surface area contributed by atoms with Crippen molar-refractivity contribution in [1.82, 2.24) is 5.32 Å². The lowest BCUT2D eigenvalue weighted by Crippen LogP contribution is -2.36. The van der Waals surface area contributed by atoms with E-state index >= 15 is 0 Å². The molecule has 0 aliphatic heterocycles. The number of amides is 1.